The minimum Gasteiger partial charge on any atom is -0.465 e. The number of hydrogen-bond donors (Lipinski definition) is 1. The number of nitrogens with zero attached hydrogens (tertiary/aromatic N) is 4. The van der Waals surface area contributed by atoms with E-state index in [1.165, 1.54) is 7.11 Å². The van der Waals surface area contributed by atoms with Crippen LogP contribution in [0.1, 0.15) is 16.1 Å². The highest BCUT2D eigenvalue weighted by atomic mass is 32.1. The molecule has 0 atom stereocenters. The average Bonchev–Trinajstić information content (AvgIpc) is 3.33. The summed E-state index contributed by atoms with van der Waals surface area (Å²) in [7, 11) is 1.30. The van der Waals surface area contributed by atoms with Crippen molar-refractivity contribution < 1.29 is 9.53 Å². The second-order valence-electron chi connectivity index (χ2n) is 5.85. The molecule has 0 aliphatic carbocycles. The zero-order valence-corrected chi connectivity index (χ0v) is 15.2. The van der Waals surface area contributed by atoms with Gasteiger partial charge in [-0.05, 0) is 12.1 Å². The summed E-state index contributed by atoms with van der Waals surface area (Å²) < 4.78 is 6.59. The Morgan fingerprint density at radius 3 is 3.04 bits per heavy atom. The number of carbonyl (C=O) groups excluding carboxylic acids is 1. The molecule has 0 fully saturated rings. The molecule has 2 aliphatic heterocycles. The first-order valence-corrected chi connectivity index (χ1v) is 9.05. The molecule has 8 nitrogen and oxygen atoms in total. The summed E-state index contributed by atoms with van der Waals surface area (Å²) in [5, 5.41) is 9.20. The summed E-state index contributed by atoms with van der Waals surface area (Å²) in [6.07, 6.45) is 7.48. The highest BCUT2D eigenvalue weighted by Crippen LogP contribution is 2.24. The number of carbonyl (C=O) groups is 1. The van der Waals surface area contributed by atoms with Crippen molar-refractivity contribution in [1.29, 1.82) is 0 Å². The van der Waals surface area contributed by atoms with Gasteiger partial charge in [-0.2, -0.15) is 5.10 Å². The van der Waals surface area contributed by atoms with Crippen LogP contribution in [0.4, 0.5) is 0 Å². The van der Waals surface area contributed by atoms with Crippen LogP contribution in [0, 0.1) is 0 Å². The van der Waals surface area contributed by atoms with E-state index in [4.69, 9.17) is 4.74 Å². The third-order valence-electron chi connectivity index (χ3n) is 4.11. The molecule has 2 aromatic heterocycles. The number of esters is 1. The monoisotopic (exact) mass is 381 g/mol. The standard InChI is InChI=1S/C18H15N5O3S/c1-26-18(25)14-9-23(8-13-15(14)21-22-16(13)24)6-4-12-10-27-17(20-12)11-3-2-5-19-7-11/h2-3,5,7-10H,4,6H2,1H3,(H,22,24). The average molecular weight is 381 g/mol. The van der Waals surface area contributed by atoms with Gasteiger partial charge in [0, 0.05) is 48.7 Å². The highest BCUT2D eigenvalue weighted by molar-refractivity contribution is 7.13. The van der Waals surface area contributed by atoms with E-state index < -0.39 is 5.97 Å². The van der Waals surface area contributed by atoms with E-state index >= 15 is 0 Å². The van der Waals surface area contributed by atoms with Gasteiger partial charge in [0.05, 0.1) is 18.4 Å². The fourth-order valence-electron chi connectivity index (χ4n) is 2.77. The fourth-order valence-corrected chi connectivity index (χ4v) is 3.61. The molecule has 4 rings (SSSR count). The minimum atomic E-state index is -0.534. The predicted octanol–water partition coefficient (Wildman–Crippen LogP) is 2.22. The van der Waals surface area contributed by atoms with E-state index in [0.29, 0.717) is 24.2 Å². The Labute approximate surface area is 157 Å². The first kappa shape index (κ1) is 17.1. The largest absolute Gasteiger partial charge is 0.465 e. The van der Waals surface area contributed by atoms with E-state index in [1.807, 2.05) is 17.5 Å². The van der Waals surface area contributed by atoms with Crippen molar-refractivity contribution in [3.63, 3.8) is 0 Å². The number of aromatic nitrogens is 5. The number of aromatic amines is 1. The van der Waals surface area contributed by atoms with E-state index in [2.05, 4.69) is 20.2 Å². The molecule has 0 saturated heterocycles. The van der Waals surface area contributed by atoms with E-state index in [9.17, 15) is 9.59 Å². The van der Waals surface area contributed by atoms with Crippen LogP contribution < -0.4 is 5.56 Å². The number of ether oxygens (including phenoxy) is 1. The molecule has 0 aromatic carbocycles. The molecule has 9 heteroatoms. The Kier molecular flexibility index (Phi) is 4.51. The molecule has 0 unspecified atom stereocenters. The number of H-pyrrole nitrogens is 1. The van der Waals surface area contributed by atoms with Gasteiger partial charge in [-0.3, -0.25) is 9.78 Å². The molecule has 0 spiro atoms. The van der Waals surface area contributed by atoms with Gasteiger partial charge in [-0.25, -0.2) is 14.9 Å². The van der Waals surface area contributed by atoms with E-state index in [0.717, 1.165) is 16.3 Å². The van der Waals surface area contributed by atoms with E-state index in [1.54, 1.807) is 40.7 Å². The summed E-state index contributed by atoms with van der Waals surface area (Å²) in [6, 6.07) is 3.84. The molecule has 136 valence electrons. The molecule has 4 heterocycles. The Balaban J connectivity index is 1.58. The molecule has 0 radical (unpaired) electrons. The van der Waals surface area contributed by atoms with Gasteiger partial charge < -0.3 is 9.30 Å². The number of thiazole rings is 1. The van der Waals surface area contributed by atoms with Gasteiger partial charge in [-0.1, -0.05) is 0 Å². The number of aryl methyl sites for hydroxylation is 2. The third-order valence-corrected chi connectivity index (χ3v) is 5.05. The molecular formula is C18H15N5O3S. The Morgan fingerprint density at radius 2 is 2.26 bits per heavy atom. The number of rotatable bonds is 5. The van der Waals surface area contributed by atoms with Crippen LogP contribution in [-0.2, 0) is 17.7 Å². The van der Waals surface area contributed by atoms with Crippen LogP contribution >= 0.6 is 11.3 Å². The maximum atomic E-state index is 12.0. The van der Waals surface area contributed by atoms with Crippen molar-refractivity contribution >= 4 is 17.3 Å². The van der Waals surface area contributed by atoms with Crippen molar-refractivity contribution in [3.05, 3.63) is 63.9 Å². The number of nitrogens with one attached hydrogen (secondary N) is 1. The Bertz CT molecular complexity index is 1120. The van der Waals surface area contributed by atoms with Gasteiger partial charge >= 0.3 is 5.97 Å². The normalized spacial score (nSPS) is 11.0. The molecular weight excluding hydrogens is 366 g/mol. The number of methoxy groups -OCH3 is 1. The van der Waals surface area contributed by atoms with Gasteiger partial charge in [0.1, 0.15) is 16.3 Å². The lowest BCUT2D eigenvalue weighted by Crippen LogP contribution is -2.13. The summed E-state index contributed by atoms with van der Waals surface area (Å²) >= 11 is 1.56. The molecule has 1 N–H and O–H groups in total. The first-order chi connectivity index (χ1) is 13.2. The topological polar surface area (TPSA) is 103 Å². The number of fused-ring (bicyclic) bond motifs is 1. The van der Waals surface area contributed by atoms with Crippen molar-refractivity contribution in [2.24, 2.45) is 0 Å². The maximum absolute atomic E-state index is 12.0. The first-order valence-electron chi connectivity index (χ1n) is 8.17. The van der Waals surface area contributed by atoms with E-state index in [-0.39, 0.29) is 11.1 Å². The third kappa shape index (κ3) is 3.36. The number of hydrogen-bond acceptors (Lipinski definition) is 7. The van der Waals surface area contributed by atoms with Gasteiger partial charge in [0.15, 0.2) is 0 Å². The second-order valence-corrected chi connectivity index (χ2v) is 6.71. The molecule has 27 heavy (non-hydrogen) atoms. The lowest BCUT2D eigenvalue weighted by Gasteiger charge is -2.11. The summed E-state index contributed by atoms with van der Waals surface area (Å²) in [5.41, 5.74) is 2.49. The molecule has 0 bridgehead atoms. The molecule has 2 aromatic rings. The molecule has 0 amide bonds. The molecule has 0 saturated carbocycles. The van der Waals surface area contributed by atoms with Crippen LogP contribution in [0.15, 0.2) is 47.1 Å². The highest BCUT2D eigenvalue weighted by Gasteiger charge is 2.21. The SMILES string of the molecule is COC(=O)c1cn(CCc2csc(-c3cccnc3)n2)cc2c(=O)[nH]nc1-2. The Morgan fingerprint density at radius 1 is 1.37 bits per heavy atom. The van der Waals surface area contributed by atoms with Crippen molar-refractivity contribution in [2.45, 2.75) is 13.0 Å². The Hall–Kier alpha value is -3.33. The minimum absolute atomic E-state index is 0.252. The lowest BCUT2D eigenvalue weighted by atomic mass is 10.1. The fraction of sp³-hybridized carbons (Fsp3) is 0.167. The van der Waals surface area contributed by atoms with Crippen LogP contribution in [-0.4, -0.2) is 37.8 Å². The van der Waals surface area contributed by atoms with Gasteiger partial charge in [-0.15, -0.1) is 11.3 Å². The van der Waals surface area contributed by atoms with Crippen LogP contribution in [0.25, 0.3) is 21.8 Å². The quantitative estimate of drug-likeness (QED) is 0.532. The smallest absolute Gasteiger partial charge is 0.341 e. The second kappa shape index (κ2) is 7.12. The summed E-state index contributed by atoms with van der Waals surface area (Å²) in [6.45, 7) is 0.556. The van der Waals surface area contributed by atoms with Crippen LogP contribution in [0.3, 0.4) is 0 Å². The predicted molar refractivity (Wildman–Crippen MR) is 99.9 cm³/mol. The number of pyridine rings is 2. The van der Waals surface area contributed by atoms with Gasteiger partial charge in [0.25, 0.3) is 5.56 Å². The summed E-state index contributed by atoms with van der Waals surface area (Å²) in [4.78, 5) is 32.7. The van der Waals surface area contributed by atoms with Crippen LogP contribution in [0.2, 0.25) is 0 Å². The zero-order valence-electron chi connectivity index (χ0n) is 14.4. The zero-order chi connectivity index (χ0) is 18.8. The van der Waals surface area contributed by atoms with Crippen molar-refractivity contribution in [2.75, 3.05) is 7.11 Å². The van der Waals surface area contributed by atoms with Crippen molar-refractivity contribution in [3.8, 4) is 21.8 Å². The van der Waals surface area contributed by atoms with Gasteiger partial charge in [0.2, 0.25) is 0 Å². The maximum Gasteiger partial charge on any atom is 0.341 e. The summed E-state index contributed by atoms with van der Waals surface area (Å²) in [5.74, 6) is -0.534. The molecule has 2 aliphatic rings. The lowest BCUT2D eigenvalue weighted by molar-refractivity contribution is 0.0600. The van der Waals surface area contributed by atoms with Crippen LogP contribution in [0.5, 0.6) is 0 Å². The van der Waals surface area contributed by atoms with Crippen molar-refractivity contribution in [1.82, 2.24) is 24.7 Å².